The second kappa shape index (κ2) is 4.33. The van der Waals surface area contributed by atoms with Crippen LogP contribution >= 0.6 is 0 Å². The molecule has 0 spiro atoms. The molecule has 6 heteroatoms. The molecule has 3 rings (SSSR count). The van der Waals surface area contributed by atoms with Gasteiger partial charge in [-0.2, -0.15) is 5.10 Å². The van der Waals surface area contributed by atoms with Crippen LogP contribution in [0.5, 0.6) is 5.88 Å². The summed E-state index contributed by atoms with van der Waals surface area (Å²) in [5, 5.41) is 12.3. The molecule has 0 aromatic carbocycles. The van der Waals surface area contributed by atoms with Crippen LogP contribution in [-0.2, 0) is 0 Å². The lowest BCUT2D eigenvalue weighted by atomic mass is 10.2. The largest absolute Gasteiger partial charge is 0.480 e. The van der Waals surface area contributed by atoms with Crippen molar-refractivity contribution in [1.29, 1.82) is 0 Å². The van der Waals surface area contributed by atoms with E-state index in [1.54, 1.807) is 24.1 Å². The summed E-state index contributed by atoms with van der Waals surface area (Å²) >= 11 is 0. The second-order valence-corrected chi connectivity index (χ2v) is 3.66. The predicted molar refractivity (Wildman–Crippen MR) is 65.5 cm³/mol. The van der Waals surface area contributed by atoms with Crippen LogP contribution in [0.4, 0.5) is 0 Å². The molecule has 0 saturated heterocycles. The molecule has 0 aliphatic heterocycles. The van der Waals surface area contributed by atoms with Crippen molar-refractivity contribution < 1.29 is 4.74 Å². The van der Waals surface area contributed by atoms with Crippen molar-refractivity contribution in [3.8, 4) is 23.0 Å². The molecule has 0 fully saturated rings. The van der Waals surface area contributed by atoms with Gasteiger partial charge in [0.15, 0.2) is 5.82 Å². The zero-order chi connectivity index (χ0) is 12.4. The normalized spacial score (nSPS) is 10.5. The molecular weight excluding hydrogens is 230 g/mol. The molecule has 3 aromatic rings. The van der Waals surface area contributed by atoms with Crippen LogP contribution in [0.1, 0.15) is 0 Å². The summed E-state index contributed by atoms with van der Waals surface area (Å²) in [6.07, 6.45) is 5.51. The first-order valence-electron chi connectivity index (χ1n) is 5.44. The van der Waals surface area contributed by atoms with Crippen LogP contribution in [-0.4, -0.2) is 32.1 Å². The van der Waals surface area contributed by atoms with Crippen LogP contribution in [0.2, 0.25) is 0 Å². The lowest BCUT2D eigenvalue weighted by Gasteiger charge is -2.04. The van der Waals surface area contributed by atoms with Crippen LogP contribution in [0, 0.1) is 0 Å². The molecule has 0 amide bonds. The van der Waals surface area contributed by atoms with Crippen LogP contribution in [0.25, 0.3) is 17.1 Å². The fourth-order valence-corrected chi connectivity index (χ4v) is 1.72. The third-order valence-corrected chi connectivity index (χ3v) is 2.59. The van der Waals surface area contributed by atoms with Gasteiger partial charge in [0, 0.05) is 24.0 Å². The van der Waals surface area contributed by atoms with E-state index in [4.69, 9.17) is 4.74 Å². The number of aromatic nitrogens is 5. The third-order valence-electron chi connectivity index (χ3n) is 2.59. The molecule has 0 bridgehead atoms. The summed E-state index contributed by atoms with van der Waals surface area (Å²) in [7, 11) is 1.56. The first-order valence-corrected chi connectivity index (χ1v) is 5.44. The van der Waals surface area contributed by atoms with Crippen molar-refractivity contribution >= 4 is 0 Å². The highest BCUT2D eigenvalue weighted by Gasteiger charge is 2.09. The molecule has 90 valence electrons. The summed E-state index contributed by atoms with van der Waals surface area (Å²) in [6, 6.07) is 7.47. The topological polar surface area (TPSA) is 68.6 Å². The van der Waals surface area contributed by atoms with E-state index < -0.39 is 0 Å². The summed E-state index contributed by atoms with van der Waals surface area (Å²) in [4.78, 5) is 3.02. The molecule has 0 saturated carbocycles. The van der Waals surface area contributed by atoms with Gasteiger partial charge < -0.3 is 9.72 Å². The monoisotopic (exact) mass is 241 g/mol. The average Bonchev–Trinajstić information content (AvgIpc) is 3.09. The van der Waals surface area contributed by atoms with E-state index in [0.717, 1.165) is 11.3 Å². The number of nitrogens with zero attached hydrogens (tertiary/aromatic N) is 4. The highest BCUT2D eigenvalue weighted by Crippen LogP contribution is 2.20. The van der Waals surface area contributed by atoms with E-state index >= 15 is 0 Å². The third kappa shape index (κ3) is 1.73. The number of aromatic amines is 1. The van der Waals surface area contributed by atoms with Gasteiger partial charge in [0.1, 0.15) is 0 Å². The Hall–Kier alpha value is -2.63. The van der Waals surface area contributed by atoms with E-state index in [1.165, 1.54) is 0 Å². The van der Waals surface area contributed by atoms with Crippen molar-refractivity contribution in [3.63, 3.8) is 0 Å². The van der Waals surface area contributed by atoms with Crippen molar-refractivity contribution in [1.82, 2.24) is 25.0 Å². The van der Waals surface area contributed by atoms with Crippen LogP contribution < -0.4 is 4.74 Å². The fraction of sp³-hybridized carbons (Fsp3) is 0.0833. The smallest absolute Gasteiger partial charge is 0.233 e. The van der Waals surface area contributed by atoms with Gasteiger partial charge in [0.2, 0.25) is 5.88 Å². The van der Waals surface area contributed by atoms with Crippen molar-refractivity contribution in [3.05, 3.63) is 42.9 Å². The number of ether oxygens (including phenoxy) is 1. The Labute approximate surface area is 103 Å². The van der Waals surface area contributed by atoms with Gasteiger partial charge in [0.05, 0.1) is 19.0 Å². The minimum Gasteiger partial charge on any atom is -0.480 e. The first-order chi connectivity index (χ1) is 8.88. The molecule has 0 aliphatic rings. The molecule has 0 atom stereocenters. The van der Waals surface area contributed by atoms with Crippen LogP contribution in [0.3, 0.4) is 0 Å². The van der Waals surface area contributed by atoms with Gasteiger partial charge in [-0.3, -0.25) is 0 Å². The Morgan fingerprint density at radius 3 is 2.78 bits per heavy atom. The average molecular weight is 241 g/mol. The summed E-state index contributed by atoms with van der Waals surface area (Å²) in [6.45, 7) is 0. The number of rotatable bonds is 3. The van der Waals surface area contributed by atoms with Gasteiger partial charge >= 0.3 is 0 Å². The minimum absolute atomic E-state index is 0.481. The van der Waals surface area contributed by atoms with E-state index in [0.29, 0.717) is 11.7 Å². The van der Waals surface area contributed by atoms with Gasteiger partial charge in [-0.15, -0.1) is 10.2 Å². The van der Waals surface area contributed by atoms with Crippen LogP contribution in [0.15, 0.2) is 42.9 Å². The summed E-state index contributed by atoms with van der Waals surface area (Å²) < 4.78 is 6.71. The Kier molecular flexibility index (Phi) is 2.53. The van der Waals surface area contributed by atoms with E-state index in [1.807, 2.05) is 30.6 Å². The van der Waals surface area contributed by atoms with E-state index in [2.05, 4.69) is 20.3 Å². The SMILES string of the molecule is COc1ccc(-n2nccc2-c2cc[nH]c2)nn1. The van der Waals surface area contributed by atoms with Gasteiger partial charge in [-0.25, -0.2) is 4.68 Å². The summed E-state index contributed by atoms with van der Waals surface area (Å²) in [5.41, 5.74) is 2.00. The van der Waals surface area contributed by atoms with Crippen molar-refractivity contribution in [2.24, 2.45) is 0 Å². The van der Waals surface area contributed by atoms with Gasteiger partial charge in [-0.1, -0.05) is 0 Å². The predicted octanol–water partition coefficient (Wildman–Crippen LogP) is 1.67. The fourth-order valence-electron chi connectivity index (χ4n) is 1.72. The maximum absolute atomic E-state index is 4.98. The Morgan fingerprint density at radius 1 is 1.17 bits per heavy atom. The van der Waals surface area contributed by atoms with E-state index in [-0.39, 0.29) is 0 Å². The first kappa shape index (κ1) is 10.5. The number of H-pyrrole nitrogens is 1. The zero-order valence-corrected chi connectivity index (χ0v) is 9.74. The molecule has 6 nitrogen and oxygen atoms in total. The molecule has 18 heavy (non-hydrogen) atoms. The molecular formula is C12H11N5O. The molecule has 0 radical (unpaired) electrons. The highest BCUT2D eigenvalue weighted by molar-refractivity contribution is 5.60. The molecule has 0 unspecified atom stereocenters. The number of methoxy groups -OCH3 is 1. The van der Waals surface area contributed by atoms with E-state index in [9.17, 15) is 0 Å². The Bertz CT molecular complexity index is 627. The quantitative estimate of drug-likeness (QED) is 0.757. The Morgan fingerprint density at radius 2 is 2.11 bits per heavy atom. The summed E-state index contributed by atoms with van der Waals surface area (Å²) in [5.74, 6) is 1.13. The lowest BCUT2D eigenvalue weighted by Crippen LogP contribution is -2.03. The van der Waals surface area contributed by atoms with Crippen molar-refractivity contribution in [2.45, 2.75) is 0 Å². The standard InChI is InChI=1S/C12H11N5O/c1-18-12-3-2-11(15-16-12)17-10(5-7-14-17)9-4-6-13-8-9/h2-8,13H,1H3. The minimum atomic E-state index is 0.481. The zero-order valence-electron chi connectivity index (χ0n) is 9.74. The number of hydrogen-bond acceptors (Lipinski definition) is 4. The number of hydrogen-bond donors (Lipinski definition) is 1. The van der Waals surface area contributed by atoms with Gasteiger partial charge in [0.25, 0.3) is 0 Å². The highest BCUT2D eigenvalue weighted by atomic mass is 16.5. The second-order valence-electron chi connectivity index (χ2n) is 3.66. The van der Waals surface area contributed by atoms with Gasteiger partial charge in [-0.05, 0) is 18.2 Å². The molecule has 1 N–H and O–H groups in total. The van der Waals surface area contributed by atoms with Crippen molar-refractivity contribution in [2.75, 3.05) is 7.11 Å². The molecule has 3 aromatic heterocycles. The lowest BCUT2D eigenvalue weighted by molar-refractivity contribution is 0.391. The molecule has 3 heterocycles. The Balaban J connectivity index is 2.04. The molecule has 0 aliphatic carbocycles. The maximum atomic E-state index is 4.98. The maximum Gasteiger partial charge on any atom is 0.233 e. The number of nitrogens with one attached hydrogen (secondary N) is 1.